The molecular formula is C25H27ClN2O2S. The van der Waals surface area contributed by atoms with Gasteiger partial charge in [-0.2, -0.15) is 0 Å². The van der Waals surface area contributed by atoms with Crippen molar-refractivity contribution in [1.82, 2.24) is 4.98 Å². The van der Waals surface area contributed by atoms with Crippen molar-refractivity contribution in [1.29, 1.82) is 0 Å². The van der Waals surface area contributed by atoms with Crippen molar-refractivity contribution in [3.63, 3.8) is 0 Å². The molecule has 2 aromatic heterocycles. The first-order valence-electron chi connectivity index (χ1n) is 10.7. The number of thiophene rings is 1. The van der Waals surface area contributed by atoms with Crippen LogP contribution in [0.25, 0.3) is 32.1 Å². The van der Waals surface area contributed by atoms with Gasteiger partial charge in [0.1, 0.15) is 4.70 Å². The smallest absolute Gasteiger partial charge is 0.266 e. The van der Waals surface area contributed by atoms with Crippen molar-refractivity contribution in [2.24, 2.45) is 11.7 Å². The zero-order chi connectivity index (χ0) is 20.7. The van der Waals surface area contributed by atoms with Crippen molar-refractivity contribution < 1.29 is 5.11 Å². The lowest BCUT2D eigenvalue weighted by molar-refractivity contribution is 0.282. The van der Waals surface area contributed by atoms with Gasteiger partial charge in [0.05, 0.1) is 6.61 Å². The van der Waals surface area contributed by atoms with Crippen LogP contribution in [-0.2, 0) is 6.61 Å². The summed E-state index contributed by atoms with van der Waals surface area (Å²) in [6, 6.07) is 14.5. The van der Waals surface area contributed by atoms with Gasteiger partial charge in [0.2, 0.25) is 0 Å². The van der Waals surface area contributed by atoms with E-state index in [1.54, 1.807) is 0 Å². The third kappa shape index (κ3) is 3.80. The standard InChI is InChI=1S/C25H26N2O2S.ClH/c26-13-20(15-3-1-2-4-15)16-5-7-17(8-6-16)22-18(14-28)9-10-21-23(22)19-11-12-30-24(19)25(29)27-21;/h5-12,15,20,28H,1-4,13-14,26H2,(H,27,29);1H. The number of benzene rings is 2. The number of halogens is 1. The van der Waals surface area contributed by atoms with E-state index >= 15 is 0 Å². The lowest BCUT2D eigenvalue weighted by Crippen LogP contribution is -2.19. The molecule has 4 N–H and O–H groups in total. The summed E-state index contributed by atoms with van der Waals surface area (Å²) in [6.07, 6.45) is 5.16. The van der Waals surface area contributed by atoms with Crippen LogP contribution in [0.2, 0.25) is 0 Å². The van der Waals surface area contributed by atoms with E-state index < -0.39 is 0 Å². The number of H-pyrrole nitrogens is 1. The number of hydrogen-bond acceptors (Lipinski definition) is 4. The summed E-state index contributed by atoms with van der Waals surface area (Å²) in [6.45, 7) is 0.627. The quantitative estimate of drug-likeness (QED) is 0.369. The minimum absolute atomic E-state index is 0. The number of aromatic nitrogens is 1. The number of hydrogen-bond donors (Lipinski definition) is 3. The maximum atomic E-state index is 12.4. The third-order valence-electron chi connectivity index (χ3n) is 6.70. The molecule has 0 spiro atoms. The van der Waals surface area contributed by atoms with Crippen LogP contribution in [0.5, 0.6) is 0 Å². The summed E-state index contributed by atoms with van der Waals surface area (Å²) in [7, 11) is 0. The highest BCUT2D eigenvalue weighted by Crippen LogP contribution is 2.39. The molecular weight excluding hydrogens is 428 g/mol. The monoisotopic (exact) mass is 454 g/mol. The predicted molar refractivity (Wildman–Crippen MR) is 132 cm³/mol. The summed E-state index contributed by atoms with van der Waals surface area (Å²) < 4.78 is 0.722. The minimum Gasteiger partial charge on any atom is -0.392 e. The summed E-state index contributed by atoms with van der Waals surface area (Å²) in [5, 5.41) is 13.9. The van der Waals surface area contributed by atoms with Crippen LogP contribution in [0.15, 0.2) is 52.6 Å². The molecule has 0 bridgehead atoms. The maximum Gasteiger partial charge on any atom is 0.266 e. The summed E-state index contributed by atoms with van der Waals surface area (Å²) in [5.41, 5.74) is 11.1. The van der Waals surface area contributed by atoms with Gasteiger partial charge in [-0.1, -0.05) is 43.2 Å². The zero-order valence-corrected chi connectivity index (χ0v) is 18.9. The van der Waals surface area contributed by atoms with Crippen LogP contribution in [0.4, 0.5) is 0 Å². The molecule has 0 saturated heterocycles. The number of aromatic amines is 1. The van der Waals surface area contributed by atoms with Gasteiger partial charge in [0, 0.05) is 16.3 Å². The maximum absolute atomic E-state index is 12.4. The zero-order valence-electron chi connectivity index (χ0n) is 17.3. The van der Waals surface area contributed by atoms with Crippen molar-refractivity contribution in [2.45, 2.75) is 38.2 Å². The molecule has 1 saturated carbocycles. The Hall–Kier alpha value is -2.18. The first kappa shape index (κ1) is 22.0. The SMILES string of the molecule is Cl.NCC(c1ccc(-c2c(CO)ccc3[nH]c(=O)c4sccc4c23)cc1)C1CCCC1. The van der Waals surface area contributed by atoms with Gasteiger partial charge in [-0.05, 0) is 71.0 Å². The number of aliphatic hydroxyl groups excluding tert-OH is 1. The largest absolute Gasteiger partial charge is 0.392 e. The lowest BCUT2D eigenvalue weighted by atomic mass is 9.84. The number of nitrogens with two attached hydrogens (primary N) is 1. The second-order valence-electron chi connectivity index (χ2n) is 8.31. The van der Waals surface area contributed by atoms with Crippen LogP contribution < -0.4 is 11.3 Å². The topological polar surface area (TPSA) is 79.1 Å². The van der Waals surface area contributed by atoms with E-state index in [2.05, 4.69) is 29.2 Å². The van der Waals surface area contributed by atoms with E-state index in [1.807, 2.05) is 23.6 Å². The van der Waals surface area contributed by atoms with Crippen LogP contribution in [-0.4, -0.2) is 16.6 Å². The van der Waals surface area contributed by atoms with Gasteiger partial charge >= 0.3 is 0 Å². The molecule has 2 aromatic carbocycles. The molecule has 0 radical (unpaired) electrons. The normalized spacial score (nSPS) is 15.4. The van der Waals surface area contributed by atoms with Gasteiger partial charge < -0.3 is 15.8 Å². The average Bonchev–Trinajstić information content (AvgIpc) is 3.47. The van der Waals surface area contributed by atoms with Crippen molar-refractivity contribution in [3.05, 3.63) is 69.3 Å². The molecule has 4 nitrogen and oxygen atoms in total. The van der Waals surface area contributed by atoms with Crippen molar-refractivity contribution in [3.8, 4) is 11.1 Å². The van der Waals surface area contributed by atoms with Gasteiger partial charge in [-0.25, -0.2) is 0 Å². The Kier molecular flexibility index (Phi) is 6.49. The number of rotatable bonds is 5. The molecule has 1 unspecified atom stereocenters. The highest BCUT2D eigenvalue weighted by atomic mass is 35.5. The Morgan fingerprint density at radius 2 is 1.84 bits per heavy atom. The first-order valence-corrected chi connectivity index (χ1v) is 11.6. The summed E-state index contributed by atoms with van der Waals surface area (Å²) in [5.74, 6) is 1.09. The van der Waals surface area contributed by atoms with E-state index in [0.717, 1.165) is 37.7 Å². The Balaban J connectivity index is 0.00000231. The minimum atomic E-state index is -0.0621. The molecule has 0 aliphatic heterocycles. The number of pyridine rings is 1. The van der Waals surface area contributed by atoms with Crippen molar-refractivity contribution >= 4 is 44.7 Å². The predicted octanol–water partition coefficient (Wildman–Crippen LogP) is 5.56. The second kappa shape index (κ2) is 9.13. The molecule has 1 aliphatic carbocycles. The Bertz CT molecular complexity index is 1260. The Morgan fingerprint density at radius 3 is 2.52 bits per heavy atom. The summed E-state index contributed by atoms with van der Waals surface area (Å²) >= 11 is 1.45. The number of fused-ring (bicyclic) bond motifs is 3. The van der Waals surface area contributed by atoms with E-state index in [1.165, 1.54) is 42.6 Å². The van der Waals surface area contributed by atoms with Crippen LogP contribution >= 0.6 is 23.7 Å². The second-order valence-corrected chi connectivity index (χ2v) is 9.22. The molecule has 1 atom stereocenters. The Morgan fingerprint density at radius 1 is 1.10 bits per heavy atom. The molecule has 6 heteroatoms. The van der Waals surface area contributed by atoms with Gasteiger partial charge in [0.15, 0.2) is 0 Å². The fraction of sp³-hybridized carbons (Fsp3) is 0.320. The average molecular weight is 455 g/mol. The van der Waals surface area contributed by atoms with Gasteiger partial charge in [-0.15, -0.1) is 23.7 Å². The summed E-state index contributed by atoms with van der Waals surface area (Å²) in [4.78, 5) is 15.4. The molecule has 162 valence electrons. The Labute approximate surface area is 191 Å². The number of nitrogens with one attached hydrogen (secondary N) is 1. The van der Waals surface area contributed by atoms with E-state index in [9.17, 15) is 9.90 Å². The molecule has 2 heterocycles. The lowest BCUT2D eigenvalue weighted by Gasteiger charge is -2.23. The van der Waals surface area contributed by atoms with Crippen LogP contribution in [0.3, 0.4) is 0 Å². The third-order valence-corrected chi connectivity index (χ3v) is 7.61. The van der Waals surface area contributed by atoms with Crippen molar-refractivity contribution in [2.75, 3.05) is 6.54 Å². The van der Waals surface area contributed by atoms with Gasteiger partial charge in [-0.3, -0.25) is 4.79 Å². The molecule has 0 amide bonds. The molecule has 1 aliphatic rings. The van der Waals surface area contributed by atoms with E-state index in [4.69, 9.17) is 5.73 Å². The first-order chi connectivity index (χ1) is 14.7. The fourth-order valence-electron chi connectivity index (χ4n) is 5.21. The van der Waals surface area contributed by atoms with Crippen LogP contribution in [0, 0.1) is 5.92 Å². The highest BCUT2D eigenvalue weighted by molar-refractivity contribution is 7.17. The van der Waals surface area contributed by atoms with Crippen LogP contribution in [0.1, 0.15) is 42.7 Å². The molecule has 1 fully saturated rings. The number of aliphatic hydroxyl groups is 1. The van der Waals surface area contributed by atoms with E-state index in [0.29, 0.717) is 18.4 Å². The molecule has 5 rings (SSSR count). The highest BCUT2D eigenvalue weighted by Gasteiger charge is 2.25. The van der Waals surface area contributed by atoms with Gasteiger partial charge in [0.25, 0.3) is 5.56 Å². The molecule has 4 aromatic rings. The van der Waals surface area contributed by atoms with E-state index in [-0.39, 0.29) is 24.6 Å². The fourth-order valence-corrected chi connectivity index (χ4v) is 6.01. The molecule has 31 heavy (non-hydrogen) atoms.